The molecule has 0 saturated heterocycles. The van der Waals surface area contributed by atoms with Gasteiger partial charge in [-0.05, 0) is 0 Å². The Morgan fingerprint density at radius 2 is 1.92 bits per heavy atom. The molecule has 0 aliphatic heterocycles. The number of rotatable bonds is 6. The number of hydrogen-bond donors (Lipinski definition) is 4. The summed E-state index contributed by atoms with van der Waals surface area (Å²) >= 11 is 0. The third-order valence-electron chi connectivity index (χ3n) is 1.31. The van der Waals surface area contributed by atoms with Gasteiger partial charge in [-0.1, -0.05) is 0 Å². The molecular formula is C7H13NO5. The second-order valence-electron chi connectivity index (χ2n) is 2.53. The standard InChI is InChI=1S/C7H13NO5/c9-4-5(10)3-8-6(11)1-2-7(12)13/h5,9-10H,1-4H2,(H,8,11)(H,12,13). The van der Waals surface area contributed by atoms with E-state index in [0.717, 1.165) is 0 Å². The van der Waals surface area contributed by atoms with Crippen molar-refractivity contribution >= 4 is 11.9 Å². The third-order valence-corrected chi connectivity index (χ3v) is 1.31. The molecule has 0 heterocycles. The summed E-state index contributed by atoms with van der Waals surface area (Å²) < 4.78 is 0. The molecule has 13 heavy (non-hydrogen) atoms. The molecule has 0 rings (SSSR count). The summed E-state index contributed by atoms with van der Waals surface area (Å²) in [5, 5.41) is 27.7. The summed E-state index contributed by atoms with van der Waals surface area (Å²) in [7, 11) is 0. The van der Waals surface area contributed by atoms with E-state index in [2.05, 4.69) is 5.32 Å². The van der Waals surface area contributed by atoms with E-state index >= 15 is 0 Å². The second kappa shape index (κ2) is 6.38. The van der Waals surface area contributed by atoms with Crippen molar-refractivity contribution in [2.75, 3.05) is 13.2 Å². The Bertz CT molecular complexity index is 182. The van der Waals surface area contributed by atoms with Crippen molar-refractivity contribution in [1.82, 2.24) is 5.32 Å². The molecule has 0 aromatic heterocycles. The van der Waals surface area contributed by atoms with Crippen molar-refractivity contribution in [2.24, 2.45) is 0 Å². The quantitative estimate of drug-likeness (QED) is 0.401. The van der Waals surface area contributed by atoms with Gasteiger partial charge in [-0.25, -0.2) is 0 Å². The average molecular weight is 191 g/mol. The first-order chi connectivity index (χ1) is 6.06. The number of aliphatic hydroxyl groups excluding tert-OH is 2. The van der Waals surface area contributed by atoms with Gasteiger partial charge in [-0.2, -0.15) is 0 Å². The minimum absolute atomic E-state index is 0.0606. The van der Waals surface area contributed by atoms with Crippen molar-refractivity contribution in [3.05, 3.63) is 0 Å². The monoisotopic (exact) mass is 191 g/mol. The summed E-state index contributed by atoms with van der Waals surface area (Å²) in [6.45, 7) is -0.492. The Labute approximate surface area is 75.2 Å². The van der Waals surface area contributed by atoms with Crippen LogP contribution in [0, 0.1) is 0 Å². The second-order valence-corrected chi connectivity index (χ2v) is 2.53. The molecule has 0 aliphatic rings. The van der Waals surface area contributed by atoms with Gasteiger partial charge in [-0.15, -0.1) is 0 Å². The van der Waals surface area contributed by atoms with Gasteiger partial charge < -0.3 is 20.6 Å². The third kappa shape index (κ3) is 7.23. The van der Waals surface area contributed by atoms with E-state index in [1.54, 1.807) is 0 Å². The fourth-order valence-corrected chi connectivity index (χ4v) is 0.605. The fraction of sp³-hybridized carbons (Fsp3) is 0.714. The number of nitrogens with one attached hydrogen (secondary N) is 1. The highest BCUT2D eigenvalue weighted by Crippen LogP contribution is 1.88. The number of amides is 1. The molecule has 1 amide bonds. The highest BCUT2D eigenvalue weighted by molar-refractivity contribution is 5.80. The Hall–Kier alpha value is -1.14. The van der Waals surface area contributed by atoms with Crippen LogP contribution in [0.1, 0.15) is 12.8 Å². The van der Waals surface area contributed by atoms with Crippen LogP contribution in [0.2, 0.25) is 0 Å². The number of carboxylic acid groups (broad SMARTS) is 1. The number of aliphatic hydroxyl groups is 2. The number of aliphatic carboxylic acids is 1. The minimum atomic E-state index is -1.04. The summed E-state index contributed by atoms with van der Waals surface area (Å²) in [5.74, 6) is -1.49. The lowest BCUT2D eigenvalue weighted by Gasteiger charge is -2.07. The summed E-state index contributed by atoms with van der Waals surface area (Å²) in [4.78, 5) is 20.8. The van der Waals surface area contributed by atoms with Crippen molar-refractivity contribution in [1.29, 1.82) is 0 Å². The molecule has 0 spiro atoms. The molecule has 0 aromatic rings. The van der Waals surface area contributed by atoms with Crippen LogP contribution in [0.15, 0.2) is 0 Å². The lowest BCUT2D eigenvalue weighted by atomic mass is 10.3. The van der Waals surface area contributed by atoms with Crippen LogP contribution >= 0.6 is 0 Å². The van der Waals surface area contributed by atoms with Gasteiger partial charge in [-0.3, -0.25) is 9.59 Å². The predicted molar refractivity (Wildman–Crippen MR) is 43.0 cm³/mol. The largest absolute Gasteiger partial charge is 0.481 e. The summed E-state index contributed by atoms with van der Waals surface area (Å²) in [6, 6.07) is 0. The molecule has 0 bridgehead atoms. The van der Waals surface area contributed by atoms with Crippen LogP contribution < -0.4 is 5.32 Å². The van der Waals surface area contributed by atoms with Gasteiger partial charge in [0, 0.05) is 13.0 Å². The van der Waals surface area contributed by atoms with E-state index in [-0.39, 0.29) is 19.4 Å². The number of carbonyl (C=O) groups excluding carboxylic acids is 1. The van der Waals surface area contributed by atoms with Gasteiger partial charge in [0.1, 0.15) is 0 Å². The highest BCUT2D eigenvalue weighted by atomic mass is 16.4. The Morgan fingerprint density at radius 1 is 1.31 bits per heavy atom. The van der Waals surface area contributed by atoms with Gasteiger partial charge in [0.05, 0.1) is 19.1 Å². The zero-order chi connectivity index (χ0) is 10.3. The van der Waals surface area contributed by atoms with E-state index in [9.17, 15) is 9.59 Å². The Balaban J connectivity index is 3.46. The summed E-state index contributed by atoms with van der Waals surface area (Å²) in [5.41, 5.74) is 0. The van der Waals surface area contributed by atoms with Crippen molar-refractivity contribution < 1.29 is 24.9 Å². The van der Waals surface area contributed by atoms with E-state index < -0.39 is 24.6 Å². The van der Waals surface area contributed by atoms with Crippen LogP contribution in [0.4, 0.5) is 0 Å². The van der Waals surface area contributed by atoms with E-state index in [4.69, 9.17) is 15.3 Å². The maximum atomic E-state index is 10.8. The topological polar surface area (TPSA) is 107 Å². The van der Waals surface area contributed by atoms with E-state index in [1.807, 2.05) is 0 Å². The molecular weight excluding hydrogens is 178 g/mol. The molecule has 0 aromatic carbocycles. The van der Waals surface area contributed by atoms with Crippen molar-refractivity contribution in [3.8, 4) is 0 Å². The molecule has 0 aliphatic carbocycles. The zero-order valence-electron chi connectivity index (χ0n) is 7.06. The minimum Gasteiger partial charge on any atom is -0.481 e. The molecule has 6 nitrogen and oxygen atoms in total. The lowest BCUT2D eigenvalue weighted by molar-refractivity contribution is -0.138. The van der Waals surface area contributed by atoms with Crippen LogP contribution in [0.25, 0.3) is 0 Å². The molecule has 6 heteroatoms. The molecule has 76 valence electrons. The van der Waals surface area contributed by atoms with Gasteiger partial charge >= 0.3 is 5.97 Å². The fourth-order valence-electron chi connectivity index (χ4n) is 0.605. The average Bonchev–Trinajstić information content (AvgIpc) is 2.10. The van der Waals surface area contributed by atoms with E-state index in [1.165, 1.54) is 0 Å². The van der Waals surface area contributed by atoms with Crippen LogP contribution in [0.3, 0.4) is 0 Å². The summed E-state index contributed by atoms with van der Waals surface area (Å²) in [6.07, 6.45) is -1.34. The number of carboxylic acids is 1. The highest BCUT2D eigenvalue weighted by Gasteiger charge is 2.07. The van der Waals surface area contributed by atoms with Gasteiger partial charge in [0.25, 0.3) is 0 Å². The lowest BCUT2D eigenvalue weighted by Crippen LogP contribution is -2.33. The molecule has 0 radical (unpaired) electrons. The van der Waals surface area contributed by atoms with Crippen LogP contribution in [0.5, 0.6) is 0 Å². The SMILES string of the molecule is O=C(O)CCC(=O)NCC(O)CO. The van der Waals surface area contributed by atoms with Crippen molar-refractivity contribution in [3.63, 3.8) is 0 Å². The normalized spacial score (nSPS) is 12.2. The van der Waals surface area contributed by atoms with E-state index in [0.29, 0.717) is 0 Å². The van der Waals surface area contributed by atoms with Gasteiger partial charge in [0.15, 0.2) is 0 Å². The first-order valence-electron chi connectivity index (χ1n) is 3.83. The maximum absolute atomic E-state index is 10.8. The molecule has 4 N–H and O–H groups in total. The first-order valence-corrected chi connectivity index (χ1v) is 3.83. The Morgan fingerprint density at radius 3 is 2.38 bits per heavy atom. The molecule has 1 unspecified atom stereocenters. The smallest absolute Gasteiger partial charge is 0.303 e. The van der Waals surface area contributed by atoms with Gasteiger partial charge in [0.2, 0.25) is 5.91 Å². The molecule has 1 atom stereocenters. The Kier molecular flexibility index (Phi) is 5.82. The van der Waals surface area contributed by atoms with Crippen LogP contribution in [-0.4, -0.2) is 46.5 Å². The first kappa shape index (κ1) is 11.9. The van der Waals surface area contributed by atoms with Crippen LogP contribution in [-0.2, 0) is 9.59 Å². The number of hydrogen-bond acceptors (Lipinski definition) is 4. The molecule has 0 fully saturated rings. The molecule has 0 saturated carbocycles. The zero-order valence-corrected chi connectivity index (χ0v) is 7.06. The maximum Gasteiger partial charge on any atom is 0.303 e. The van der Waals surface area contributed by atoms with Crippen molar-refractivity contribution in [2.45, 2.75) is 18.9 Å². The number of carbonyl (C=O) groups is 2. The predicted octanol–water partition coefficient (Wildman–Crippen LogP) is -1.68.